The number of aromatic nitrogens is 5. The van der Waals surface area contributed by atoms with Crippen molar-refractivity contribution in [2.75, 3.05) is 6.54 Å². The van der Waals surface area contributed by atoms with E-state index < -0.39 is 11.2 Å². The van der Waals surface area contributed by atoms with E-state index in [0.29, 0.717) is 25.2 Å². The van der Waals surface area contributed by atoms with Crippen LogP contribution in [0.25, 0.3) is 11.0 Å². The maximum absolute atomic E-state index is 12.9. The average molecular weight is 396 g/mol. The number of carbonyl (C=O) groups is 1. The van der Waals surface area contributed by atoms with Crippen LogP contribution in [0.3, 0.4) is 0 Å². The minimum Gasteiger partial charge on any atom is -0.352 e. The molecule has 4 rings (SSSR count). The number of nitrogens with zero attached hydrogens (tertiary/aromatic N) is 4. The first-order valence-electron chi connectivity index (χ1n) is 10.00. The monoisotopic (exact) mass is 396 g/mol. The Labute approximate surface area is 166 Å². The molecule has 0 spiro atoms. The van der Waals surface area contributed by atoms with Crippen molar-refractivity contribution >= 4 is 16.9 Å². The van der Waals surface area contributed by atoms with Crippen LogP contribution < -0.4 is 16.6 Å². The summed E-state index contributed by atoms with van der Waals surface area (Å²) < 4.78 is 3.39. The highest BCUT2D eigenvalue weighted by atomic mass is 16.2. The molecule has 0 atom stereocenters. The summed E-state index contributed by atoms with van der Waals surface area (Å²) in [5, 5.41) is 3.07. The van der Waals surface area contributed by atoms with Crippen molar-refractivity contribution in [1.82, 2.24) is 29.4 Å². The summed E-state index contributed by atoms with van der Waals surface area (Å²) in [6, 6.07) is 1.71. The van der Waals surface area contributed by atoms with Crippen LogP contribution in [0.1, 0.15) is 54.6 Å². The van der Waals surface area contributed by atoms with Gasteiger partial charge in [0.15, 0.2) is 5.65 Å². The van der Waals surface area contributed by atoms with Gasteiger partial charge in [-0.15, -0.1) is 0 Å². The van der Waals surface area contributed by atoms with Crippen molar-refractivity contribution in [2.45, 2.75) is 51.6 Å². The molecule has 152 valence electrons. The first-order chi connectivity index (χ1) is 14.1. The van der Waals surface area contributed by atoms with Gasteiger partial charge in [0.05, 0.1) is 17.3 Å². The SMILES string of the molecule is CCCn1c(=O)[nH]c(=O)c2c(C(=O)NCCCn3ccnc3)cc(C3CC3)nc21. The van der Waals surface area contributed by atoms with Crippen molar-refractivity contribution in [3.05, 3.63) is 56.9 Å². The minimum absolute atomic E-state index is 0.176. The van der Waals surface area contributed by atoms with Crippen LogP contribution in [0.2, 0.25) is 0 Å². The number of carbonyl (C=O) groups excluding carboxylic acids is 1. The van der Waals surface area contributed by atoms with Gasteiger partial charge in [0.2, 0.25) is 0 Å². The molecule has 0 aliphatic heterocycles. The highest BCUT2D eigenvalue weighted by Gasteiger charge is 2.28. The predicted molar refractivity (Wildman–Crippen MR) is 108 cm³/mol. The van der Waals surface area contributed by atoms with Gasteiger partial charge in [-0.3, -0.25) is 19.1 Å². The number of nitrogens with one attached hydrogen (secondary N) is 2. The summed E-state index contributed by atoms with van der Waals surface area (Å²) in [7, 11) is 0. The molecule has 0 radical (unpaired) electrons. The topological polar surface area (TPSA) is 115 Å². The maximum atomic E-state index is 12.9. The minimum atomic E-state index is -0.573. The van der Waals surface area contributed by atoms with Crippen molar-refractivity contribution in [1.29, 1.82) is 0 Å². The molecule has 2 N–H and O–H groups in total. The van der Waals surface area contributed by atoms with Gasteiger partial charge in [-0.25, -0.2) is 14.8 Å². The fourth-order valence-electron chi connectivity index (χ4n) is 3.47. The number of H-pyrrole nitrogens is 1. The highest BCUT2D eigenvalue weighted by molar-refractivity contribution is 6.05. The summed E-state index contributed by atoms with van der Waals surface area (Å²) in [6.45, 7) is 3.58. The van der Waals surface area contributed by atoms with Gasteiger partial charge in [-0.2, -0.15) is 0 Å². The lowest BCUT2D eigenvalue weighted by molar-refractivity contribution is 0.0954. The molecule has 0 saturated heterocycles. The molecule has 1 amide bonds. The molecular formula is C20H24N6O3. The molecule has 3 aromatic rings. The van der Waals surface area contributed by atoms with E-state index in [1.54, 1.807) is 18.6 Å². The molecule has 1 fully saturated rings. The van der Waals surface area contributed by atoms with E-state index in [0.717, 1.165) is 31.5 Å². The van der Waals surface area contributed by atoms with Crippen molar-refractivity contribution in [3.8, 4) is 0 Å². The zero-order valence-corrected chi connectivity index (χ0v) is 16.4. The Morgan fingerprint density at radius 2 is 2.14 bits per heavy atom. The second-order valence-electron chi connectivity index (χ2n) is 7.39. The van der Waals surface area contributed by atoms with Crippen LogP contribution in [0.4, 0.5) is 0 Å². The number of imidazole rings is 1. The predicted octanol–water partition coefficient (Wildman–Crippen LogP) is 1.39. The molecule has 0 unspecified atom stereocenters. The Balaban J connectivity index is 1.66. The number of pyridine rings is 1. The summed E-state index contributed by atoms with van der Waals surface area (Å²) in [5.74, 6) is -0.0335. The van der Waals surface area contributed by atoms with Crippen LogP contribution >= 0.6 is 0 Å². The lowest BCUT2D eigenvalue weighted by Gasteiger charge is -2.13. The van der Waals surface area contributed by atoms with Gasteiger partial charge in [0.25, 0.3) is 11.5 Å². The summed E-state index contributed by atoms with van der Waals surface area (Å²) in [6.07, 6.45) is 8.77. The van der Waals surface area contributed by atoms with E-state index in [-0.39, 0.29) is 22.8 Å². The molecule has 1 aliphatic rings. The quantitative estimate of drug-likeness (QED) is 0.559. The Hall–Kier alpha value is -3.23. The van der Waals surface area contributed by atoms with Gasteiger partial charge in [-0.05, 0) is 31.7 Å². The van der Waals surface area contributed by atoms with E-state index in [9.17, 15) is 14.4 Å². The second kappa shape index (κ2) is 8.02. The Kier molecular flexibility index (Phi) is 5.28. The zero-order valence-electron chi connectivity index (χ0n) is 16.4. The van der Waals surface area contributed by atoms with Crippen molar-refractivity contribution in [3.63, 3.8) is 0 Å². The summed E-state index contributed by atoms with van der Waals surface area (Å²) >= 11 is 0. The van der Waals surface area contributed by atoms with E-state index in [1.165, 1.54) is 4.57 Å². The third kappa shape index (κ3) is 3.98. The molecule has 0 aromatic carbocycles. The summed E-state index contributed by atoms with van der Waals surface area (Å²) in [5.41, 5.74) is 0.294. The molecule has 9 nitrogen and oxygen atoms in total. The number of aromatic amines is 1. The standard InChI is InChI=1S/C20H24N6O3/c1-2-8-26-17-16(19(28)24-20(26)29)14(11-15(23-17)13-4-5-13)18(27)22-6-3-9-25-10-7-21-12-25/h7,10-13H,2-6,8-9H2,1H3,(H,22,27)(H,24,28,29). The molecule has 29 heavy (non-hydrogen) atoms. The van der Waals surface area contributed by atoms with Gasteiger partial charge in [0.1, 0.15) is 0 Å². The molecule has 9 heteroatoms. The lowest BCUT2D eigenvalue weighted by Crippen LogP contribution is -2.33. The smallest absolute Gasteiger partial charge is 0.329 e. The second-order valence-corrected chi connectivity index (χ2v) is 7.39. The third-order valence-electron chi connectivity index (χ3n) is 5.09. The number of hydrogen-bond donors (Lipinski definition) is 2. The fourth-order valence-corrected chi connectivity index (χ4v) is 3.47. The van der Waals surface area contributed by atoms with Crippen molar-refractivity contribution in [2.24, 2.45) is 0 Å². The van der Waals surface area contributed by atoms with Crippen LogP contribution in [0.15, 0.2) is 34.4 Å². The van der Waals surface area contributed by atoms with Gasteiger partial charge in [0, 0.05) is 43.6 Å². The molecule has 1 aliphatic carbocycles. The van der Waals surface area contributed by atoms with Crippen molar-refractivity contribution < 1.29 is 4.79 Å². The van der Waals surface area contributed by atoms with Gasteiger partial charge >= 0.3 is 5.69 Å². The first kappa shape index (κ1) is 19.1. The number of fused-ring (bicyclic) bond motifs is 1. The van der Waals surface area contributed by atoms with E-state index >= 15 is 0 Å². The molecule has 0 bridgehead atoms. The average Bonchev–Trinajstić information content (AvgIpc) is 3.43. The molecular weight excluding hydrogens is 372 g/mol. The van der Waals surface area contributed by atoms with Crippen LogP contribution in [0, 0.1) is 0 Å². The Bertz CT molecular complexity index is 1140. The van der Waals surface area contributed by atoms with Crippen LogP contribution in [0.5, 0.6) is 0 Å². The van der Waals surface area contributed by atoms with E-state index in [2.05, 4.69) is 20.3 Å². The molecule has 1 saturated carbocycles. The molecule has 3 aromatic heterocycles. The number of amides is 1. The highest BCUT2D eigenvalue weighted by Crippen LogP contribution is 2.39. The number of aryl methyl sites for hydroxylation is 2. The normalized spacial score (nSPS) is 13.7. The number of rotatable bonds is 8. The Morgan fingerprint density at radius 1 is 1.31 bits per heavy atom. The molecule has 3 heterocycles. The van der Waals surface area contributed by atoms with Crippen LogP contribution in [-0.4, -0.2) is 36.5 Å². The largest absolute Gasteiger partial charge is 0.352 e. The Morgan fingerprint density at radius 3 is 2.83 bits per heavy atom. The maximum Gasteiger partial charge on any atom is 0.329 e. The fraction of sp³-hybridized carbons (Fsp3) is 0.450. The number of hydrogen-bond acceptors (Lipinski definition) is 5. The first-order valence-corrected chi connectivity index (χ1v) is 10.00. The van der Waals surface area contributed by atoms with E-state index in [4.69, 9.17) is 0 Å². The van der Waals surface area contributed by atoms with Gasteiger partial charge in [-0.1, -0.05) is 6.92 Å². The van der Waals surface area contributed by atoms with Gasteiger partial charge < -0.3 is 9.88 Å². The lowest BCUT2D eigenvalue weighted by atomic mass is 10.1. The van der Waals surface area contributed by atoms with E-state index in [1.807, 2.05) is 17.7 Å². The zero-order chi connectivity index (χ0) is 20.4. The third-order valence-corrected chi connectivity index (χ3v) is 5.09. The summed E-state index contributed by atoms with van der Waals surface area (Å²) in [4.78, 5) is 48.7. The van der Waals surface area contributed by atoms with Crippen LogP contribution in [-0.2, 0) is 13.1 Å².